The first-order chi connectivity index (χ1) is 25.4. The summed E-state index contributed by atoms with van der Waals surface area (Å²) in [7, 11) is -3.82. The van der Waals surface area contributed by atoms with E-state index < -0.39 is 45.7 Å². The molecule has 1 amide bonds. The zero-order valence-electron chi connectivity index (χ0n) is 30.7. The van der Waals surface area contributed by atoms with E-state index in [-0.39, 0.29) is 53.3 Å². The molecule has 284 valence electrons. The second-order valence-electron chi connectivity index (χ2n) is 13.4. The third-order valence-corrected chi connectivity index (χ3v) is 9.52. The molecule has 2 aromatic heterocycles. The van der Waals surface area contributed by atoms with Crippen LogP contribution in [0.4, 0.5) is 11.6 Å². The number of pyridine rings is 2. The van der Waals surface area contributed by atoms with Crippen molar-refractivity contribution in [1.29, 1.82) is 10.5 Å². The van der Waals surface area contributed by atoms with Crippen molar-refractivity contribution in [3.05, 3.63) is 81.7 Å². The number of esters is 2. The minimum absolute atomic E-state index is 0.182. The van der Waals surface area contributed by atoms with Gasteiger partial charge in [-0.1, -0.05) is 30.3 Å². The third kappa shape index (κ3) is 10.1. The van der Waals surface area contributed by atoms with Crippen LogP contribution >= 0.6 is 0 Å². The van der Waals surface area contributed by atoms with E-state index in [0.717, 1.165) is 0 Å². The van der Waals surface area contributed by atoms with Gasteiger partial charge in [-0.3, -0.25) is 14.3 Å². The fourth-order valence-electron chi connectivity index (χ4n) is 5.49. The molecule has 1 aromatic carbocycles. The SMILES string of the molecule is Cc1nc(N2CC(C(=O)NS(=O)(=O)Cc3ccccc3)C2)c(C#N)cc1C(=O)OC(C)C.Cc1nc(N2CC(C(=O)O)C2)c(C#N)cc1C(=O)OC(C)C. The minimum Gasteiger partial charge on any atom is -0.481 e. The summed E-state index contributed by atoms with van der Waals surface area (Å²) >= 11 is 0. The number of amides is 1. The number of nitrogens with one attached hydrogen (secondary N) is 1. The summed E-state index contributed by atoms with van der Waals surface area (Å²) in [6.07, 6.45) is -0.566. The smallest absolute Gasteiger partial charge is 0.340 e. The van der Waals surface area contributed by atoms with Crippen LogP contribution in [0.3, 0.4) is 0 Å². The summed E-state index contributed by atoms with van der Waals surface area (Å²) in [5.74, 6) is -3.05. The molecule has 0 atom stereocenters. The standard InChI is InChI=1S/C22H24N4O5S.C15H17N3O4/c1-14(2)31-22(28)19-9-17(10-23)20(24-15(19)3)26-11-18(12-26)21(27)25-32(29,30)13-16-7-5-4-6-8-16;1-8(2)22-15(21)12-4-10(5-16)13(17-9(12)3)18-6-11(7-18)14(19)20/h4-9,14,18H,11-13H2,1-3H3,(H,25,27);4,8,11H,6-7H2,1-3H3,(H,19,20). The summed E-state index contributed by atoms with van der Waals surface area (Å²) in [6, 6.07) is 15.5. The Hall–Kier alpha value is -6.07. The number of hydrogen-bond acceptors (Lipinski definition) is 14. The number of hydrogen-bond donors (Lipinski definition) is 2. The third-order valence-electron chi connectivity index (χ3n) is 8.29. The van der Waals surface area contributed by atoms with Crippen LogP contribution in [0.5, 0.6) is 0 Å². The lowest BCUT2D eigenvalue weighted by Gasteiger charge is -2.39. The lowest BCUT2D eigenvalue weighted by atomic mass is 9.98. The number of carboxylic acid groups (broad SMARTS) is 1. The van der Waals surface area contributed by atoms with E-state index in [2.05, 4.69) is 14.7 Å². The van der Waals surface area contributed by atoms with Crippen molar-refractivity contribution in [2.24, 2.45) is 11.8 Å². The summed E-state index contributed by atoms with van der Waals surface area (Å²) in [6.45, 7) is 11.3. The number of ether oxygens (including phenoxy) is 2. The van der Waals surface area contributed by atoms with Crippen molar-refractivity contribution >= 4 is 45.5 Å². The highest BCUT2D eigenvalue weighted by atomic mass is 32.2. The number of aryl methyl sites for hydroxylation is 2. The van der Waals surface area contributed by atoms with Crippen LogP contribution in [0, 0.1) is 48.3 Å². The predicted molar refractivity (Wildman–Crippen MR) is 195 cm³/mol. The maximum Gasteiger partial charge on any atom is 0.340 e. The number of nitrogens with zero attached hydrogens (tertiary/aromatic N) is 6. The number of aliphatic carboxylic acids is 1. The van der Waals surface area contributed by atoms with Gasteiger partial charge in [0.25, 0.3) is 0 Å². The fourth-order valence-corrected chi connectivity index (χ4v) is 6.67. The molecule has 2 fully saturated rings. The Labute approximate surface area is 313 Å². The van der Waals surface area contributed by atoms with Gasteiger partial charge in [-0.25, -0.2) is 28.0 Å². The van der Waals surface area contributed by atoms with Crippen molar-refractivity contribution in [2.45, 2.75) is 59.5 Å². The molecule has 0 spiro atoms. The van der Waals surface area contributed by atoms with Crippen LogP contribution in [-0.4, -0.2) is 85.7 Å². The summed E-state index contributed by atoms with van der Waals surface area (Å²) in [5.41, 5.74) is 2.33. The van der Waals surface area contributed by atoms with Crippen LogP contribution in [0.1, 0.15) is 76.5 Å². The minimum atomic E-state index is -3.82. The van der Waals surface area contributed by atoms with Crippen LogP contribution in [0.15, 0.2) is 42.5 Å². The Morgan fingerprint density at radius 1 is 0.815 bits per heavy atom. The van der Waals surface area contributed by atoms with E-state index >= 15 is 0 Å². The van der Waals surface area contributed by atoms with E-state index in [1.165, 1.54) is 12.1 Å². The second kappa shape index (κ2) is 17.2. The first kappa shape index (κ1) is 40.7. The summed E-state index contributed by atoms with van der Waals surface area (Å²) in [5, 5.41) is 27.7. The normalized spacial score (nSPS) is 14.1. The van der Waals surface area contributed by atoms with Crippen molar-refractivity contribution in [2.75, 3.05) is 36.0 Å². The van der Waals surface area contributed by atoms with Gasteiger partial charge in [0.05, 0.1) is 63.4 Å². The molecule has 2 aliphatic heterocycles. The quantitative estimate of drug-likeness (QED) is 0.267. The average molecular weight is 760 g/mol. The van der Waals surface area contributed by atoms with Crippen molar-refractivity contribution < 1.29 is 42.2 Å². The summed E-state index contributed by atoms with van der Waals surface area (Å²) in [4.78, 5) is 59.6. The molecular weight excluding hydrogens is 719 g/mol. The van der Waals surface area contributed by atoms with E-state index in [0.29, 0.717) is 41.7 Å². The lowest BCUT2D eigenvalue weighted by molar-refractivity contribution is -0.142. The number of benzene rings is 1. The Balaban J connectivity index is 0.000000258. The highest BCUT2D eigenvalue weighted by Gasteiger charge is 2.37. The first-order valence-corrected chi connectivity index (χ1v) is 18.6. The van der Waals surface area contributed by atoms with Crippen LogP contribution in [0.25, 0.3) is 0 Å². The number of carbonyl (C=O) groups is 4. The van der Waals surface area contributed by atoms with E-state index in [4.69, 9.17) is 14.6 Å². The van der Waals surface area contributed by atoms with Gasteiger partial charge < -0.3 is 24.4 Å². The van der Waals surface area contributed by atoms with Gasteiger partial charge in [-0.05, 0) is 59.2 Å². The molecule has 3 aromatic rings. The zero-order valence-corrected chi connectivity index (χ0v) is 31.5. The molecule has 16 nitrogen and oxygen atoms in total. The van der Waals surface area contributed by atoms with E-state index in [1.807, 2.05) is 12.1 Å². The molecule has 54 heavy (non-hydrogen) atoms. The van der Waals surface area contributed by atoms with Gasteiger partial charge in [-0.2, -0.15) is 10.5 Å². The number of nitriles is 2. The van der Waals surface area contributed by atoms with Gasteiger partial charge >= 0.3 is 17.9 Å². The molecule has 2 saturated heterocycles. The molecular formula is C37H41N7O9S. The summed E-state index contributed by atoms with van der Waals surface area (Å²) < 4.78 is 37.0. The molecule has 0 saturated carbocycles. The number of carboxylic acids is 1. The topological polar surface area (TPSA) is 233 Å². The fraction of sp³-hybridized carbons (Fsp3) is 0.405. The lowest BCUT2D eigenvalue weighted by Crippen LogP contribution is -2.55. The number of aromatic nitrogens is 2. The van der Waals surface area contributed by atoms with Gasteiger partial charge in [0.2, 0.25) is 15.9 Å². The number of anilines is 2. The molecule has 2 N–H and O–H groups in total. The van der Waals surface area contributed by atoms with Crippen LogP contribution in [-0.2, 0) is 34.8 Å². The van der Waals surface area contributed by atoms with Crippen LogP contribution in [0.2, 0.25) is 0 Å². The van der Waals surface area contributed by atoms with Gasteiger partial charge in [0.1, 0.15) is 23.8 Å². The molecule has 4 heterocycles. The molecule has 2 aliphatic rings. The average Bonchev–Trinajstić information content (AvgIpc) is 3.03. The van der Waals surface area contributed by atoms with Crippen molar-refractivity contribution in [1.82, 2.24) is 14.7 Å². The van der Waals surface area contributed by atoms with E-state index in [9.17, 15) is 38.1 Å². The zero-order chi connectivity index (χ0) is 39.9. The van der Waals surface area contributed by atoms with Gasteiger partial charge in [-0.15, -0.1) is 0 Å². The Kier molecular flexibility index (Phi) is 12.9. The number of sulfonamides is 1. The largest absolute Gasteiger partial charge is 0.481 e. The maximum atomic E-state index is 12.4. The molecule has 0 bridgehead atoms. The monoisotopic (exact) mass is 759 g/mol. The van der Waals surface area contributed by atoms with E-state index in [1.54, 1.807) is 81.7 Å². The van der Waals surface area contributed by atoms with Gasteiger partial charge in [0.15, 0.2) is 0 Å². The van der Waals surface area contributed by atoms with Crippen molar-refractivity contribution in [3.8, 4) is 12.1 Å². The predicted octanol–water partition coefficient (Wildman–Crippen LogP) is 3.26. The Morgan fingerprint density at radius 2 is 1.24 bits per heavy atom. The Morgan fingerprint density at radius 3 is 1.63 bits per heavy atom. The number of carbonyl (C=O) groups excluding carboxylic acids is 3. The molecule has 0 unspecified atom stereocenters. The second-order valence-corrected chi connectivity index (χ2v) is 15.1. The molecule has 5 rings (SSSR count). The highest BCUT2D eigenvalue weighted by Crippen LogP contribution is 2.30. The first-order valence-electron chi connectivity index (χ1n) is 17.0. The van der Waals surface area contributed by atoms with Crippen LogP contribution < -0.4 is 14.5 Å². The molecule has 17 heteroatoms. The van der Waals surface area contributed by atoms with Gasteiger partial charge in [0, 0.05) is 26.2 Å². The highest BCUT2D eigenvalue weighted by molar-refractivity contribution is 7.89. The molecule has 0 radical (unpaired) electrons. The van der Waals surface area contributed by atoms with Crippen molar-refractivity contribution in [3.63, 3.8) is 0 Å². The number of rotatable bonds is 11. The maximum absolute atomic E-state index is 12.4. The Bertz CT molecular complexity index is 2120. The molecule has 0 aliphatic carbocycles.